The molecule has 1 heterocycles. The Balaban J connectivity index is 2.94. The fourth-order valence-electron chi connectivity index (χ4n) is 0.276. The molecule has 42 valence electrons. The van der Waals surface area contributed by atoms with Crippen LogP contribution in [0.25, 0.3) is 0 Å². The van der Waals surface area contributed by atoms with Crippen LogP contribution in [0.5, 0.6) is 0 Å². The van der Waals surface area contributed by atoms with Gasteiger partial charge in [0.05, 0.1) is 0 Å². The summed E-state index contributed by atoms with van der Waals surface area (Å²) in [6, 6.07) is 0. The van der Waals surface area contributed by atoms with Gasteiger partial charge < -0.3 is 5.73 Å². The molecule has 0 aliphatic rings. The summed E-state index contributed by atoms with van der Waals surface area (Å²) < 4.78 is 6.58. The van der Waals surface area contributed by atoms with Crippen molar-refractivity contribution in [1.29, 1.82) is 0 Å². The Morgan fingerprint density at radius 3 is 3.12 bits per heavy atom. The largest absolute Gasteiger partial charge is 0.368 e. The van der Waals surface area contributed by atoms with E-state index < -0.39 is 0 Å². The van der Waals surface area contributed by atoms with E-state index in [9.17, 15) is 0 Å². The fraction of sp³-hybridized carbons (Fsp3) is 0. The zero-order valence-electron chi connectivity index (χ0n) is 4.80. The molecule has 8 heavy (non-hydrogen) atoms. The van der Waals surface area contributed by atoms with Gasteiger partial charge in [-0.05, 0) is 11.6 Å². The van der Waals surface area contributed by atoms with E-state index in [-0.39, 0.29) is 11.2 Å². The Bertz CT molecular complexity index is 205. The first-order valence-corrected chi connectivity index (χ1v) is 2.23. The Kier molecular flexibility index (Phi) is 0.964. The molecule has 0 spiro atoms. The number of aromatic nitrogens is 3. The SMILES string of the molecule is [2H]Nc1ncnc(Cl)n1. The predicted molar refractivity (Wildman–Crippen MR) is 29.2 cm³/mol. The molecule has 4 nitrogen and oxygen atoms in total. The van der Waals surface area contributed by atoms with Crippen molar-refractivity contribution in [3.63, 3.8) is 0 Å². The number of nitrogen functional groups attached to an aromatic ring is 1. The number of hydrogen-bond acceptors (Lipinski definition) is 4. The quantitative estimate of drug-likeness (QED) is 0.588. The lowest BCUT2D eigenvalue weighted by Gasteiger charge is -1.86. The highest BCUT2D eigenvalue weighted by Crippen LogP contribution is 1.96. The van der Waals surface area contributed by atoms with Gasteiger partial charge in [-0.15, -0.1) is 0 Å². The summed E-state index contributed by atoms with van der Waals surface area (Å²) in [5, 5.41) is 0.0831. The first-order valence-electron chi connectivity index (χ1n) is 2.35. The van der Waals surface area contributed by atoms with Gasteiger partial charge in [0.15, 0.2) is 1.41 Å². The summed E-state index contributed by atoms with van der Waals surface area (Å²) in [4.78, 5) is 10.6. The van der Waals surface area contributed by atoms with Crippen molar-refractivity contribution in [2.24, 2.45) is 0 Å². The maximum Gasteiger partial charge on any atom is 0.227 e. The van der Waals surface area contributed by atoms with Gasteiger partial charge in [0.1, 0.15) is 6.33 Å². The predicted octanol–water partition coefficient (Wildman–Crippen LogP) is 0.107. The van der Waals surface area contributed by atoms with Crippen molar-refractivity contribution < 1.29 is 1.41 Å². The molecule has 1 rings (SSSR count). The van der Waals surface area contributed by atoms with Crippen molar-refractivity contribution >= 4 is 17.5 Å². The smallest absolute Gasteiger partial charge is 0.227 e. The first kappa shape index (κ1) is 4.03. The standard InChI is InChI=1S/C3H3ClN4/c4-2-6-1-7-3(5)8-2/h1H,(H2,5,6,7,8)/i/hD. The molecule has 0 bridgehead atoms. The molecule has 0 radical (unpaired) electrons. The van der Waals surface area contributed by atoms with Crippen LogP contribution in [0.3, 0.4) is 0 Å². The third kappa shape index (κ3) is 1.04. The number of rotatable bonds is 1. The number of nitrogens with two attached hydrogens (primary N) is 1. The van der Waals surface area contributed by atoms with Crippen LogP contribution in [-0.2, 0) is 0 Å². The maximum absolute atomic E-state index is 6.58. The van der Waals surface area contributed by atoms with Gasteiger partial charge in [0.2, 0.25) is 11.2 Å². The third-order valence-corrected chi connectivity index (χ3v) is 0.725. The van der Waals surface area contributed by atoms with Gasteiger partial charge in [-0.3, -0.25) is 0 Å². The van der Waals surface area contributed by atoms with E-state index >= 15 is 0 Å². The van der Waals surface area contributed by atoms with Gasteiger partial charge >= 0.3 is 0 Å². The highest BCUT2D eigenvalue weighted by molar-refractivity contribution is 6.28. The molecule has 1 aromatic heterocycles. The lowest BCUT2D eigenvalue weighted by Crippen LogP contribution is -1.94. The summed E-state index contributed by atoms with van der Waals surface area (Å²) in [7, 11) is 0. The molecule has 1 aromatic rings. The van der Waals surface area contributed by atoms with Gasteiger partial charge in [-0.1, -0.05) is 0 Å². The highest BCUT2D eigenvalue weighted by atomic mass is 35.5. The fourth-order valence-corrected chi connectivity index (χ4v) is 0.400. The molecule has 0 saturated carbocycles. The molecule has 0 aromatic carbocycles. The summed E-state index contributed by atoms with van der Waals surface area (Å²) in [5.74, 6) is 0.148. The molecule has 0 aliphatic heterocycles. The summed E-state index contributed by atoms with van der Waals surface area (Å²) in [6.45, 7) is 0. The maximum atomic E-state index is 6.58. The minimum atomic E-state index is 0.0831. The molecule has 0 fully saturated rings. The molecule has 0 saturated heterocycles. The molecule has 0 unspecified atom stereocenters. The molecule has 5 heteroatoms. The van der Waals surface area contributed by atoms with Gasteiger partial charge in [0.25, 0.3) is 0 Å². The van der Waals surface area contributed by atoms with E-state index in [2.05, 4.69) is 15.0 Å². The van der Waals surface area contributed by atoms with Crippen LogP contribution >= 0.6 is 11.6 Å². The van der Waals surface area contributed by atoms with Crippen LogP contribution in [0, 0.1) is 0 Å². The molecule has 2 N–H and O–H groups in total. The third-order valence-electron chi connectivity index (χ3n) is 0.542. The second-order valence-corrected chi connectivity index (χ2v) is 1.42. The second-order valence-electron chi connectivity index (χ2n) is 1.08. The lowest BCUT2D eigenvalue weighted by molar-refractivity contribution is 1.06. The minimum absolute atomic E-state index is 0.0831. The van der Waals surface area contributed by atoms with E-state index in [1.54, 1.807) is 0 Å². The summed E-state index contributed by atoms with van der Waals surface area (Å²) in [6.07, 6.45) is 1.23. The van der Waals surface area contributed by atoms with E-state index in [1.807, 2.05) is 5.73 Å². The average molecular weight is 132 g/mol. The van der Waals surface area contributed by atoms with E-state index in [0.717, 1.165) is 0 Å². The van der Waals surface area contributed by atoms with Crippen molar-refractivity contribution in [2.75, 3.05) is 5.73 Å². The lowest BCUT2D eigenvalue weighted by atomic mass is 11.0. The monoisotopic (exact) mass is 131 g/mol. The minimum Gasteiger partial charge on any atom is -0.368 e. The Labute approximate surface area is 52.2 Å². The molecular formula is C3H3ClN4. The van der Waals surface area contributed by atoms with Crippen molar-refractivity contribution in [3.8, 4) is 0 Å². The van der Waals surface area contributed by atoms with Gasteiger partial charge in [0, 0.05) is 0 Å². The van der Waals surface area contributed by atoms with Crippen LogP contribution in [-0.4, -0.2) is 15.0 Å². The zero-order chi connectivity index (χ0) is 6.69. The molecule has 0 atom stereocenters. The second kappa shape index (κ2) is 1.92. The van der Waals surface area contributed by atoms with Gasteiger partial charge in [-0.25, -0.2) is 9.97 Å². The average Bonchev–Trinajstić information content (AvgIpc) is 1.88. The Hall–Kier alpha value is -0.900. The number of hydrogen-bond donors (Lipinski definition) is 1. The highest BCUT2D eigenvalue weighted by Gasteiger charge is 1.87. The Morgan fingerprint density at radius 1 is 1.75 bits per heavy atom. The van der Waals surface area contributed by atoms with Crippen molar-refractivity contribution in [1.82, 2.24) is 15.0 Å². The molecular weight excluding hydrogens is 128 g/mol. The molecule has 0 amide bonds. The number of nitrogens with zero attached hydrogens (tertiary/aromatic N) is 3. The van der Waals surface area contributed by atoms with Crippen molar-refractivity contribution in [3.05, 3.63) is 11.6 Å². The van der Waals surface area contributed by atoms with Crippen molar-refractivity contribution in [2.45, 2.75) is 0 Å². The Morgan fingerprint density at radius 2 is 2.62 bits per heavy atom. The summed E-state index contributed by atoms with van der Waals surface area (Å²) >= 11 is 5.34. The number of anilines is 1. The van der Waals surface area contributed by atoms with Crippen LogP contribution in [0.1, 0.15) is 0 Å². The van der Waals surface area contributed by atoms with Crippen LogP contribution < -0.4 is 5.73 Å². The van der Waals surface area contributed by atoms with E-state index in [0.29, 0.717) is 0 Å². The van der Waals surface area contributed by atoms with Crippen LogP contribution in [0.15, 0.2) is 6.33 Å². The van der Waals surface area contributed by atoms with E-state index in [4.69, 9.17) is 13.0 Å². The van der Waals surface area contributed by atoms with Crippen LogP contribution in [0.2, 0.25) is 6.70 Å². The zero-order valence-corrected chi connectivity index (χ0v) is 4.55. The summed E-state index contributed by atoms with van der Waals surface area (Å²) in [5.41, 5.74) is 1.97. The first-order chi connectivity index (χ1) is 4.33. The number of halogens is 1. The normalized spacial score (nSPS) is 10.4. The van der Waals surface area contributed by atoms with E-state index in [1.165, 1.54) is 6.33 Å². The molecule has 0 aliphatic carbocycles. The van der Waals surface area contributed by atoms with Crippen LogP contribution in [0.4, 0.5) is 5.95 Å². The van der Waals surface area contributed by atoms with Gasteiger partial charge in [-0.2, -0.15) is 4.98 Å². The topological polar surface area (TPSA) is 64.7 Å².